The molecule has 1 aromatic rings. The van der Waals surface area contributed by atoms with Gasteiger partial charge in [0, 0.05) is 38.7 Å². The summed E-state index contributed by atoms with van der Waals surface area (Å²) in [5, 5.41) is 3.56. The number of likely N-dealkylation sites (tertiary alicyclic amines) is 1. The number of nitrogens with one attached hydrogen (secondary N) is 1. The zero-order chi connectivity index (χ0) is 15.7. The minimum atomic E-state index is 0.380. The highest BCUT2D eigenvalue weighted by Gasteiger charge is 2.42. The van der Waals surface area contributed by atoms with Crippen molar-refractivity contribution in [3.63, 3.8) is 0 Å². The first-order valence-electron chi connectivity index (χ1n) is 8.92. The van der Waals surface area contributed by atoms with Crippen LogP contribution in [-0.4, -0.2) is 44.2 Å². The number of nitrogens with zero attached hydrogens (tertiary/aromatic N) is 2. The molecule has 3 aliphatic rings. The Morgan fingerprint density at radius 1 is 1.30 bits per heavy atom. The van der Waals surface area contributed by atoms with E-state index < -0.39 is 0 Å². The molecule has 0 bridgehead atoms. The summed E-state index contributed by atoms with van der Waals surface area (Å²) in [5.74, 6) is 1.04. The van der Waals surface area contributed by atoms with Crippen LogP contribution in [0.15, 0.2) is 23.2 Å². The molecule has 124 valence electrons. The molecule has 2 aliphatic heterocycles. The van der Waals surface area contributed by atoms with Crippen molar-refractivity contribution < 1.29 is 4.74 Å². The fourth-order valence-corrected chi connectivity index (χ4v) is 4.34. The Labute approximate surface area is 138 Å². The van der Waals surface area contributed by atoms with E-state index in [1.54, 1.807) is 11.1 Å². The molecule has 1 aromatic carbocycles. The van der Waals surface area contributed by atoms with Gasteiger partial charge in [-0.2, -0.15) is 0 Å². The van der Waals surface area contributed by atoms with Crippen molar-refractivity contribution >= 4 is 5.96 Å². The number of guanidine groups is 1. The Kier molecular flexibility index (Phi) is 4.02. The van der Waals surface area contributed by atoms with Crippen molar-refractivity contribution in [2.45, 2.75) is 38.6 Å². The van der Waals surface area contributed by atoms with E-state index in [4.69, 9.17) is 4.74 Å². The predicted octanol–water partition coefficient (Wildman–Crippen LogP) is 2.36. The van der Waals surface area contributed by atoms with E-state index in [0.717, 1.165) is 38.8 Å². The third kappa shape index (κ3) is 2.97. The van der Waals surface area contributed by atoms with Crippen LogP contribution in [-0.2, 0) is 24.1 Å². The summed E-state index contributed by atoms with van der Waals surface area (Å²) in [7, 11) is 1.89. The molecule has 0 amide bonds. The lowest BCUT2D eigenvalue weighted by atomic mass is 9.87. The second-order valence-corrected chi connectivity index (χ2v) is 7.33. The smallest absolute Gasteiger partial charge is 0.193 e. The monoisotopic (exact) mass is 313 g/mol. The first-order chi connectivity index (χ1) is 11.3. The third-order valence-corrected chi connectivity index (χ3v) is 5.75. The minimum Gasteiger partial charge on any atom is -0.381 e. The van der Waals surface area contributed by atoms with E-state index in [1.807, 2.05) is 7.05 Å². The van der Waals surface area contributed by atoms with Crippen LogP contribution in [0.25, 0.3) is 0 Å². The maximum absolute atomic E-state index is 5.63. The Hall–Kier alpha value is -1.55. The average molecular weight is 313 g/mol. The molecule has 1 spiro atoms. The van der Waals surface area contributed by atoms with Crippen LogP contribution in [0.3, 0.4) is 0 Å². The quantitative estimate of drug-likeness (QED) is 0.673. The first-order valence-corrected chi connectivity index (χ1v) is 8.92. The van der Waals surface area contributed by atoms with Gasteiger partial charge in [-0.15, -0.1) is 0 Å². The van der Waals surface area contributed by atoms with Crippen LogP contribution in [0, 0.1) is 5.41 Å². The standard InChI is InChI=1S/C19H27N3O/c1-20-18(22-9-7-19(13-22)8-10-23-14-19)21-12-15-5-6-16-3-2-4-17(16)11-15/h5-6,11H,2-4,7-10,12-14H2,1H3,(H,20,21). The number of hydrogen-bond donors (Lipinski definition) is 1. The lowest BCUT2D eigenvalue weighted by Gasteiger charge is -2.25. The highest BCUT2D eigenvalue weighted by molar-refractivity contribution is 5.80. The Balaban J connectivity index is 1.37. The molecule has 2 fully saturated rings. The van der Waals surface area contributed by atoms with Gasteiger partial charge < -0.3 is 15.0 Å². The molecular formula is C19H27N3O. The van der Waals surface area contributed by atoms with Gasteiger partial charge in [-0.3, -0.25) is 4.99 Å². The summed E-state index contributed by atoms with van der Waals surface area (Å²) in [6, 6.07) is 6.95. The zero-order valence-corrected chi connectivity index (χ0v) is 14.1. The Bertz CT molecular complexity index is 605. The van der Waals surface area contributed by atoms with Crippen molar-refractivity contribution in [2.75, 3.05) is 33.4 Å². The largest absolute Gasteiger partial charge is 0.381 e. The molecule has 4 rings (SSSR count). The molecule has 1 N–H and O–H groups in total. The topological polar surface area (TPSA) is 36.9 Å². The summed E-state index contributed by atoms with van der Waals surface area (Å²) < 4.78 is 5.63. The molecule has 0 saturated carbocycles. The lowest BCUT2D eigenvalue weighted by Crippen LogP contribution is -2.41. The SMILES string of the molecule is CN=C(NCc1ccc2c(c1)CCC2)N1CCC2(CCOC2)C1. The summed E-state index contributed by atoms with van der Waals surface area (Å²) in [6.45, 7) is 4.88. The van der Waals surface area contributed by atoms with Crippen LogP contribution in [0.4, 0.5) is 0 Å². The van der Waals surface area contributed by atoms with Gasteiger partial charge >= 0.3 is 0 Å². The average Bonchev–Trinajstić information content (AvgIpc) is 3.30. The van der Waals surface area contributed by atoms with Crippen molar-refractivity contribution in [2.24, 2.45) is 10.4 Å². The summed E-state index contributed by atoms with van der Waals surface area (Å²) in [6.07, 6.45) is 6.23. The van der Waals surface area contributed by atoms with Crippen molar-refractivity contribution in [1.29, 1.82) is 0 Å². The van der Waals surface area contributed by atoms with E-state index in [2.05, 4.69) is 33.4 Å². The maximum atomic E-state index is 5.63. The third-order valence-electron chi connectivity index (χ3n) is 5.75. The van der Waals surface area contributed by atoms with Crippen LogP contribution < -0.4 is 5.32 Å². The van der Waals surface area contributed by atoms with Crippen LogP contribution in [0.2, 0.25) is 0 Å². The number of rotatable bonds is 2. The van der Waals surface area contributed by atoms with E-state index in [-0.39, 0.29) is 0 Å². The van der Waals surface area contributed by atoms with E-state index in [1.165, 1.54) is 37.7 Å². The van der Waals surface area contributed by atoms with Gasteiger partial charge in [0.15, 0.2) is 5.96 Å². The number of benzene rings is 1. The fraction of sp³-hybridized carbons (Fsp3) is 0.632. The lowest BCUT2D eigenvalue weighted by molar-refractivity contribution is 0.156. The van der Waals surface area contributed by atoms with Gasteiger partial charge in [0.05, 0.1) is 6.61 Å². The van der Waals surface area contributed by atoms with Gasteiger partial charge in [0.25, 0.3) is 0 Å². The molecule has 1 unspecified atom stereocenters. The number of hydrogen-bond acceptors (Lipinski definition) is 2. The Morgan fingerprint density at radius 3 is 3.04 bits per heavy atom. The van der Waals surface area contributed by atoms with Crippen molar-refractivity contribution in [1.82, 2.24) is 10.2 Å². The molecule has 4 nitrogen and oxygen atoms in total. The van der Waals surface area contributed by atoms with E-state index in [9.17, 15) is 0 Å². The van der Waals surface area contributed by atoms with Crippen LogP contribution in [0.5, 0.6) is 0 Å². The molecule has 4 heteroatoms. The van der Waals surface area contributed by atoms with Gasteiger partial charge in [-0.1, -0.05) is 18.2 Å². The zero-order valence-electron chi connectivity index (χ0n) is 14.1. The highest BCUT2D eigenvalue weighted by Crippen LogP contribution is 2.38. The van der Waals surface area contributed by atoms with Gasteiger partial charge in [-0.25, -0.2) is 0 Å². The minimum absolute atomic E-state index is 0.380. The van der Waals surface area contributed by atoms with E-state index in [0.29, 0.717) is 5.41 Å². The molecule has 0 aromatic heterocycles. The summed E-state index contributed by atoms with van der Waals surface area (Å²) in [4.78, 5) is 6.91. The normalized spacial score (nSPS) is 27.0. The van der Waals surface area contributed by atoms with Gasteiger partial charge in [0.1, 0.15) is 0 Å². The predicted molar refractivity (Wildman–Crippen MR) is 92.7 cm³/mol. The first kappa shape index (κ1) is 15.0. The van der Waals surface area contributed by atoms with Gasteiger partial charge in [0.2, 0.25) is 0 Å². The number of ether oxygens (including phenoxy) is 1. The summed E-state index contributed by atoms with van der Waals surface area (Å²) >= 11 is 0. The highest BCUT2D eigenvalue weighted by atomic mass is 16.5. The van der Waals surface area contributed by atoms with Crippen molar-refractivity contribution in [3.05, 3.63) is 34.9 Å². The van der Waals surface area contributed by atoms with Gasteiger partial charge in [-0.05, 0) is 48.8 Å². The molecule has 0 radical (unpaired) electrons. The number of fused-ring (bicyclic) bond motifs is 1. The van der Waals surface area contributed by atoms with E-state index >= 15 is 0 Å². The molecule has 2 saturated heterocycles. The van der Waals surface area contributed by atoms with Crippen molar-refractivity contribution in [3.8, 4) is 0 Å². The second kappa shape index (κ2) is 6.16. The fourth-order valence-electron chi connectivity index (χ4n) is 4.34. The maximum Gasteiger partial charge on any atom is 0.193 e. The van der Waals surface area contributed by atoms with Crippen LogP contribution in [0.1, 0.15) is 36.0 Å². The molecule has 2 heterocycles. The molecule has 23 heavy (non-hydrogen) atoms. The molecule has 1 atom stereocenters. The molecule has 1 aliphatic carbocycles. The number of aryl methyl sites for hydroxylation is 2. The van der Waals surface area contributed by atoms with Crippen LogP contribution >= 0.6 is 0 Å². The molecular weight excluding hydrogens is 286 g/mol. The second-order valence-electron chi connectivity index (χ2n) is 7.33. The Morgan fingerprint density at radius 2 is 2.22 bits per heavy atom. The summed E-state index contributed by atoms with van der Waals surface area (Å²) in [5.41, 5.74) is 4.83. The number of aliphatic imine (C=N–C) groups is 1.